The maximum Gasteiger partial charge on any atom is 0.193 e. The summed E-state index contributed by atoms with van der Waals surface area (Å²) in [7, 11) is 1.92. The molecule has 0 atom stereocenters. The van der Waals surface area contributed by atoms with Crippen LogP contribution in [0.3, 0.4) is 0 Å². The molecule has 6 nitrogen and oxygen atoms in total. The molecule has 0 unspecified atom stereocenters. The molecule has 0 aromatic heterocycles. The lowest BCUT2D eigenvalue weighted by Gasteiger charge is -2.22. The second-order valence-electron chi connectivity index (χ2n) is 5.81. The van der Waals surface area contributed by atoms with Crippen LogP contribution in [0, 0.1) is 0 Å². The largest absolute Gasteiger partial charge is 0.497 e. The Hall–Kier alpha value is -1.81. The molecule has 0 fully saturated rings. The first-order valence-electron chi connectivity index (χ1n) is 8.29. The van der Waals surface area contributed by atoms with Crippen LogP contribution in [-0.4, -0.2) is 52.8 Å². The number of halogens is 1. The number of sulfone groups is 1. The van der Waals surface area contributed by atoms with Crippen LogP contribution in [0.1, 0.15) is 5.56 Å². The molecular formula is C19H26IN3O3S. The summed E-state index contributed by atoms with van der Waals surface area (Å²) in [5.74, 6) is 1.46. The van der Waals surface area contributed by atoms with E-state index >= 15 is 0 Å². The van der Waals surface area contributed by atoms with Crippen molar-refractivity contribution in [1.82, 2.24) is 10.2 Å². The Morgan fingerprint density at radius 2 is 1.74 bits per heavy atom. The molecule has 0 aliphatic carbocycles. The van der Waals surface area contributed by atoms with E-state index in [9.17, 15) is 8.42 Å². The van der Waals surface area contributed by atoms with Gasteiger partial charge in [0, 0.05) is 27.2 Å². The van der Waals surface area contributed by atoms with Gasteiger partial charge in [-0.1, -0.05) is 30.3 Å². The van der Waals surface area contributed by atoms with Gasteiger partial charge in [0.2, 0.25) is 0 Å². The number of hydrogen-bond donors (Lipinski definition) is 1. The zero-order valence-electron chi connectivity index (χ0n) is 15.8. The molecule has 0 bridgehead atoms. The summed E-state index contributed by atoms with van der Waals surface area (Å²) >= 11 is 0. The predicted octanol–water partition coefficient (Wildman–Crippen LogP) is 2.79. The molecule has 8 heteroatoms. The molecular weight excluding hydrogens is 477 g/mol. The van der Waals surface area contributed by atoms with Crippen molar-refractivity contribution in [2.45, 2.75) is 11.4 Å². The number of benzene rings is 2. The standard InChI is InChI=1S/C19H25N3O3S.HI/c1-20-19(22(2)15-16-9-11-17(25-3)12-10-16)21-13-14-26(23,24)18-7-5-4-6-8-18;/h4-12H,13-15H2,1-3H3,(H,20,21);1H. The molecule has 0 saturated heterocycles. The predicted molar refractivity (Wildman–Crippen MR) is 120 cm³/mol. The van der Waals surface area contributed by atoms with E-state index in [1.54, 1.807) is 44.5 Å². The van der Waals surface area contributed by atoms with Crippen LogP contribution < -0.4 is 10.1 Å². The minimum Gasteiger partial charge on any atom is -0.497 e. The van der Waals surface area contributed by atoms with Crippen LogP contribution in [0.5, 0.6) is 5.75 Å². The molecule has 0 saturated carbocycles. The Balaban J connectivity index is 0.00000364. The summed E-state index contributed by atoms with van der Waals surface area (Å²) in [6, 6.07) is 16.3. The summed E-state index contributed by atoms with van der Waals surface area (Å²) in [5.41, 5.74) is 1.10. The normalized spacial score (nSPS) is 11.4. The Kier molecular flexibility index (Phi) is 9.57. The van der Waals surface area contributed by atoms with Crippen LogP contribution in [0.4, 0.5) is 0 Å². The highest BCUT2D eigenvalue weighted by atomic mass is 127. The number of nitrogens with one attached hydrogen (secondary N) is 1. The molecule has 2 aromatic carbocycles. The average Bonchev–Trinajstić information content (AvgIpc) is 2.66. The average molecular weight is 503 g/mol. The third-order valence-electron chi connectivity index (χ3n) is 3.91. The third kappa shape index (κ3) is 7.02. The maximum atomic E-state index is 12.3. The van der Waals surface area contributed by atoms with E-state index in [0.29, 0.717) is 17.4 Å². The zero-order chi connectivity index (χ0) is 19.0. The van der Waals surface area contributed by atoms with Crippen LogP contribution in [-0.2, 0) is 16.4 Å². The summed E-state index contributed by atoms with van der Waals surface area (Å²) in [6.07, 6.45) is 0. The van der Waals surface area contributed by atoms with Gasteiger partial charge >= 0.3 is 0 Å². The minimum atomic E-state index is -3.31. The van der Waals surface area contributed by atoms with Gasteiger partial charge in [-0.25, -0.2) is 8.42 Å². The molecule has 1 N–H and O–H groups in total. The fourth-order valence-electron chi connectivity index (χ4n) is 2.51. The number of ether oxygens (including phenoxy) is 1. The van der Waals surface area contributed by atoms with E-state index in [-0.39, 0.29) is 36.3 Å². The lowest BCUT2D eigenvalue weighted by Crippen LogP contribution is -2.40. The first-order chi connectivity index (χ1) is 12.5. The minimum absolute atomic E-state index is 0. The van der Waals surface area contributed by atoms with Crippen LogP contribution in [0.15, 0.2) is 64.5 Å². The van der Waals surface area contributed by atoms with Gasteiger partial charge in [-0.2, -0.15) is 0 Å². The van der Waals surface area contributed by atoms with Crippen molar-refractivity contribution >= 4 is 39.8 Å². The van der Waals surface area contributed by atoms with E-state index in [1.165, 1.54) is 0 Å². The molecule has 2 rings (SSSR count). The van der Waals surface area contributed by atoms with Crippen molar-refractivity contribution in [2.24, 2.45) is 4.99 Å². The molecule has 0 spiro atoms. The molecule has 0 aliphatic rings. The van der Waals surface area contributed by atoms with Gasteiger partial charge in [-0.15, -0.1) is 24.0 Å². The van der Waals surface area contributed by atoms with Crippen LogP contribution in [0.2, 0.25) is 0 Å². The lowest BCUT2D eigenvalue weighted by atomic mass is 10.2. The van der Waals surface area contributed by atoms with E-state index < -0.39 is 9.84 Å². The Morgan fingerprint density at radius 1 is 1.11 bits per heavy atom. The topological polar surface area (TPSA) is 71.0 Å². The van der Waals surface area contributed by atoms with E-state index in [4.69, 9.17) is 4.74 Å². The maximum absolute atomic E-state index is 12.3. The molecule has 0 radical (unpaired) electrons. The Morgan fingerprint density at radius 3 is 2.30 bits per heavy atom. The fraction of sp³-hybridized carbons (Fsp3) is 0.316. The van der Waals surface area contributed by atoms with E-state index in [0.717, 1.165) is 11.3 Å². The zero-order valence-corrected chi connectivity index (χ0v) is 18.9. The van der Waals surface area contributed by atoms with Gasteiger partial charge in [-0.3, -0.25) is 4.99 Å². The first-order valence-corrected chi connectivity index (χ1v) is 9.94. The summed E-state index contributed by atoms with van der Waals surface area (Å²) in [5, 5.41) is 3.11. The number of rotatable bonds is 7. The molecule has 27 heavy (non-hydrogen) atoms. The number of guanidine groups is 1. The van der Waals surface area contributed by atoms with E-state index in [2.05, 4.69) is 10.3 Å². The first kappa shape index (κ1) is 23.2. The molecule has 2 aromatic rings. The van der Waals surface area contributed by atoms with Crippen molar-refractivity contribution in [1.29, 1.82) is 0 Å². The van der Waals surface area contributed by atoms with E-state index in [1.807, 2.05) is 36.2 Å². The van der Waals surface area contributed by atoms with Crippen molar-refractivity contribution in [3.05, 3.63) is 60.2 Å². The summed E-state index contributed by atoms with van der Waals surface area (Å²) in [4.78, 5) is 6.50. The van der Waals surface area contributed by atoms with Gasteiger partial charge in [-0.05, 0) is 29.8 Å². The van der Waals surface area contributed by atoms with Crippen molar-refractivity contribution in [3.8, 4) is 5.75 Å². The Bertz CT molecular complexity index is 825. The second-order valence-corrected chi connectivity index (χ2v) is 7.92. The highest BCUT2D eigenvalue weighted by Crippen LogP contribution is 2.13. The number of aliphatic imine (C=N–C) groups is 1. The van der Waals surface area contributed by atoms with Crippen molar-refractivity contribution < 1.29 is 13.2 Å². The van der Waals surface area contributed by atoms with Gasteiger partial charge in [0.05, 0.1) is 17.8 Å². The molecule has 0 heterocycles. The van der Waals surface area contributed by atoms with Crippen molar-refractivity contribution in [2.75, 3.05) is 33.5 Å². The van der Waals surface area contributed by atoms with Gasteiger partial charge in [0.1, 0.15) is 5.75 Å². The van der Waals surface area contributed by atoms with Gasteiger partial charge in [0.15, 0.2) is 15.8 Å². The molecule has 0 aliphatic heterocycles. The Labute approximate surface area is 178 Å². The summed E-state index contributed by atoms with van der Waals surface area (Å²) < 4.78 is 29.8. The monoisotopic (exact) mass is 503 g/mol. The van der Waals surface area contributed by atoms with Crippen molar-refractivity contribution in [3.63, 3.8) is 0 Å². The van der Waals surface area contributed by atoms with Gasteiger partial charge in [0.25, 0.3) is 0 Å². The smallest absolute Gasteiger partial charge is 0.193 e. The van der Waals surface area contributed by atoms with Crippen LogP contribution in [0.25, 0.3) is 0 Å². The second kappa shape index (κ2) is 11.1. The number of nitrogens with zero attached hydrogens (tertiary/aromatic N) is 2. The number of hydrogen-bond acceptors (Lipinski definition) is 4. The molecule has 148 valence electrons. The third-order valence-corrected chi connectivity index (χ3v) is 5.64. The highest BCUT2D eigenvalue weighted by molar-refractivity contribution is 14.0. The highest BCUT2D eigenvalue weighted by Gasteiger charge is 2.14. The quantitative estimate of drug-likeness (QED) is 0.358. The fourth-order valence-corrected chi connectivity index (χ4v) is 3.69. The molecule has 0 amide bonds. The van der Waals surface area contributed by atoms with Crippen LogP contribution >= 0.6 is 24.0 Å². The lowest BCUT2D eigenvalue weighted by molar-refractivity contribution is 0.414. The SMILES string of the molecule is CN=C(NCCS(=O)(=O)c1ccccc1)N(C)Cc1ccc(OC)cc1.I. The van der Waals surface area contributed by atoms with Gasteiger partial charge < -0.3 is 15.0 Å². The number of methoxy groups -OCH3 is 1. The summed E-state index contributed by atoms with van der Waals surface area (Å²) in [6.45, 7) is 0.936.